The third kappa shape index (κ3) is 4.73. The van der Waals surface area contributed by atoms with Crippen LogP contribution in [0.25, 0.3) is 0 Å². The number of nitrogens with one attached hydrogen (secondary N) is 1. The van der Waals surface area contributed by atoms with E-state index < -0.39 is 4.92 Å². The van der Waals surface area contributed by atoms with Crippen LogP contribution in [-0.4, -0.2) is 17.8 Å². The van der Waals surface area contributed by atoms with Gasteiger partial charge in [-0.05, 0) is 29.8 Å². The Morgan fingerprint density at radius 2 is 1.64 bits per heavy atom. The van der Waals surface area contributed by atoms with E-state index in [0.29, 0.717) is 11.3 Å². The van der Waals surface area contributed by atoms with Gasteiger partial charge in [0.25, 0.3) is 5.69 Å². The molecule has 0 heterocycles. The summed E-state index contributed by atoms with van der Waals surface area (Å²) >= 11 is 0. The van der Waals surface area contributed by atoms with Crippen LogP contribution in [0.4, 0.5) is 11.4 Å². The molecule has 28 heavy (non-hydrogen) atoms. The highest BCUT2D eigenvalue weighted by atomic mass is 16.6. The highest BCUT2D eigenvalue weighted by molar-refractivity contribution is 5.96. The number of ketones is 1. The number of carbonyl (C=O) groups is 1. The molecule has 1 unspecified atom stereocenters. The maximum atomic E-state index is 12.7. The van der Waals surface area contributed by atoms with Gasteiger partial charge in [-0.1, -0.05) is 42.5 Å². The van der Waals surface area contributed by atoms with Crippen LogP contribution in [-0.2, 0) is 0 Å². The minimum atomic E-state index is -0.441. The molecule has 3 aromatic carbocycles. The van der Waals surface area contributed by atoms with Gasteiger partial charge < -0.3 is 10.1 Å². The molecule has 0 amide bonds. The van der Waals surface area contributed by atoms with Crippen LogP contribution in [0.3, 0.4) is 0 Å². The third-order valence-electron chi connectivity index (χ3n) is 4.42. The summed E-state index contributed by atoms with van der Waals surface area (Å²) in [5.41, 5.74) is 2.29. The summed E-state index contributed by atoms with van der Waals surface area (Å²) in [6, 6.07) is 22.5. The Kier molecular flexibility index (Phi) is 6.01. The highest BCUT2D eigenvalue weighted by Gasteiger charge is 2.18. The summed E-state index contributed by atoms with van der Waals surface area (Å²) in [5, 5.41) is 14.2. The van der Waals surface area contributed by atoms with Crippen molar-refractivity contribution in [1.29, 1.82) is 0 Å². The number of non-ortho nitro benzene ring substituents is 1. The predicted octanol–water partition coefficient (Wildman–Crippen LogP) is 5.03. The SMILES string of the molecule is COc1ccc(C(CC(=O)c2ccccc2)Nc2ccc([N+](=O)[O-])cc2)cc1. The molecule has 6 nitrogen and oxygen atoms in total. The van der Waals surface area contributed by atoms with Crippen molar-refractivity contribution >= 4 is 17.2 Å². The summed E-state index contributed by atoms with van der Waals surface area (Å²) in [7, 11) is 1.60. The molecular formula is C22H20N2O4. The second-order valence-corrected chi connectivity index (χ2v) is 6.27. The summed E-state index contributed by atoms with van der Waals surface area (Å²) in [6.45, 7) is 0. The molecule has 3 aromatic rings. The molecule has 0 saturated heterocycles. The lowest BCUT2D eigenvalue weighted by Gasteiger charge is -2.20. The number of nitro benzene ring substituents is 1. The van der Waals surface area contributed by atoms with Crippen molar-refractivity contribution in [3.63, 3.8) is 0 Å². The number of hydrogen-bond acceptors (Lipinski definition) is 5. The largest absolute Gasteiger partial charge is 0.497 e. The smallest absolute Gasteiger partial charge is 0.269 e. The Bertz CT molecular complexity index is 939. The molecule has 0 spiro atoms. The van der Waals surface area contributed by atoms with Crippen molar-refractivity contribution < 1.29 is 14.5 Å². The van der Waals surface area contributed by atoms with Crippen LogP contribution >= 0.6 is 0 Å². The number of rotatable bonds is 8. The number of anilines is 1. The van der Waals surface area contributed by atoms with Crippen LogP contribution in [0.1, 0.15) is 28.4 Å². The average Bonchev–Trinajstić information content (AvgIpc) is 2.74. The van der Waals surface area contributed by atoms with Crippen LogP contribution in [0.5, 0.6) is 5.75 Å². The van der Waals surface area contributed by atoms with Crippen LogP contribution in [0, 0.1) is 10.1 Å². The minimum absolute atomic E-state index is 0.0100. The Balaban J connectivity index is 1.84. The topological polar surface area (TPSA) is 81.5 Å². The van der Waals surface area contributed by atoms with Crippen molar-refractivity contribution in [1.82, 2.24) is 0 Å². The summed E-state index contributed by atoms with van der Waals surface area (Å²) in [6.07, 6.45) is 0.243. The van der Waals surface area contributed by atoms with E-state index in [1.165, 1.54) is 12.1 Å². The quantitative estimate of drug-likeness (QED) is 0.339. The highest BCUT2D eigenvalue weighted by Crippen LogP contribution is 2.27. The summed E-state index contributed by atoms with van der Waals surface area (Å²) in [5.74, 6) is 0.739. The van der Waals surface area contributed by atoms with Gasteiger partial charge in [-0.15, -0.1) is 0 Å². The molecule has 1 atom stereocenters. The molecule has 1 N–H and O–H groups in total. The number of methoxy groups -OCH3 is 1. The standard InChI is InChI=1S/C22H20N2O4/c1-28-20-13-7-16(8-14-20)21(15-22(25)17-5-3-2-4-6-17)23-18-9-11-19(12-10-18)24(26)27/h2-14,21,23H,15H2,1H3. The minimum Gasteiger partial charge on any atom is -0.497 e. The van der Waals surface area contributed by atoms with Crippen LogP contribution in [0.2, 0.25) is 0 Å². The normalized spacial score (nSPS) is 11.5. The van der Waals surface area contributed by atoms with Crippen molar-refractivity contribution in [3.8, 4) is 5.75 Å². The van der Waals surface area contributed by atoms with Gasteiger partial charge in [0, 0.05) is 29.8 Å². The molecule has 6 heteroatoms. The van der Waals surface area contributed by atoms with Crippen molar-refractivity contribution in [3.05, 3.63) is 100 Å². The summed E-state index contributed by atoms with van der Waals surface area (Å²) in [4.78, 5) is 23.1. The zero-order valence-corrected chi connectivity index (χ0v) is 15.4. The lowest BCUT2D eigenvalue weighted by molar-refractivity contribution is -0.384. The molecule has 0 aromatic heterocycles. The molecule has 0 aliphatic rings. The van der Waals surface area contributed by atoms with Crippen molar-refractivity contribution in [2.24, 2.45) is 0 Å². The zero-order chi connectivity index (χ0) is 19.9. The number of Topliss-reactive ketones (excluding diaryl/α,β-unsaturated/α-hetero) is 1. The van der Waals surface area contributed by atoms with E-state index in [9.17, 15) is 14.9 Å². The molecular weight excluding hydrogens is 356 g/mol. The van der Waals surface area contributed by atoms with Crippen LogP contribution in [0.15, 0.2) is 78.9 Å². The van der Waals surface area contributed by atoms with Gasteiger partial charge in [0.05, 0.1) is 18.1 Å². The fourth-order valence-corrected chi connectivity index (χ4v) is 2.90. The van der Waals surface area contributed by atoms with E-state index in [2.05, 4.69) is 5.32 Å². The Morgan fingerprint density at radius 1 is 1.00 bits per heavy atom. The first-order valence-electron chi connectivity index (χ1n) is 8.80. The van der Waals surface area contributed by atoms with E-state index >= 15 is 0 Å². The molecule has 0 radical (unpaired) electrons. The number of carbonyl (C=O) groups excluding carboxylic acids is 1. The van der Waals surface area contributed by atoms with E-state index in [1.807, 2.05) is 42.5 Å². The molecule has 3 rings (SSSR count). The maximum Gasteiger partial charge on any atom is 0.269 e. The lowest BCUT2D eigenvalue weighted by Crippen LogP contribution is -2.16. The first kappa shape index (κ1) is 19.1. The van der Waals surface area contributed by atoms with Crippen molar-refractivity contribution in [2.45, 2.75) is 12.5 Å². The molecule has 0 fully saturated rings. The average molecular weight is 376 g/mol. The maximum absolute atomic E-state index is 12.7. The van der Waals surface area contributed by atoms with Gasteiger partial charge in [-0.3, -0.25) is 14.9 Å². The van der Waals surface area contributed by atoms with Gasteiger partial charge in [-0.2, -0.15) is 0 Å². The fourth-order valence-electron chi connectivity index (χ4n) is 2.90. The second-order valence-electron chi connectivity index (χ2n) is 6.27. The molecule has 0 aliphatic heterocycles. The van der Waals surface area contributed by atoms with Gasteiger partial charge >= 0.3 is 0 Å². The van der Waals surface area contributed by atoms with E-state index in [4.69, 9.17) is 4.74 Å². The van der Waals surface area contributed by atoms with E-state index in [-0.39, 0.29) is 23.9 Å². The van der Waals surface area contributed by atoms with E-state index in [1.54, 1.807) is 31.4 Å². The molecule has 0 aliphatic carbocycles. The van der Waals surface area contributed by atoms with Gasteiger partial charge in [0.2, 0.25) is 0 Å². The first-order valence-corrected chi connectivity index (χ1v) is 8.80. The Hall–Kier alpha value is -3.67. The second kappa shape index (κ2) is 8.81. The van der Waals surface area contributed by atoms with Gasteiger partial charge in [0.15, 0.2) is 5.78 Å². The third-order valence-corrected chi connectivity index (χ3v) is 4.42. The lowest BCUT2D eigenvalue weighted by atomic mass is 9.97. The molecule has 142 valence electrons. The van der Waals surface area contributed by atoms with Crippen molar-refractivity contribution in [2.75, 3.05) is 12.4 Å². The first-order chi connectivity index (χ1) is 13.6. The monoisotopic (exact) mass is 376 g/mol. The number of benzene rings is 3. The van der Waals surface area contributed by atoms with E-state index in [0.717, 1.165) is 11.3 Å². The molecule has 0 saturated carbocycles. The molecule has 0 bridgehead atoms. The number of nitro groups is 1. The number of ether oxygens (including phenoxy) is 1. The predicted molar refractivity (Wildman–Crippen MR) is 108 cm³/mol. The number of nitrogens with zero attached hydrogens (tertiary/aromatic N) is 1. The number of hydrogen-bond donors (Lipinski definition) is 1. The Labute approximate surface area is 162 Å². The Morgan fingerprint density at radius 3 is 2.21 bits per heavy atom. The fraction of sp³-hybridized carbons (Fsp3) is 0.136. The van der Waals surface area contributed by atoms with Gasteiger partial charge in [0.1, 0.15) is 5.75 Å². The van der Waals surface area contributed by atoms with Gasteiger partial charge in [-0.25, -0.2) is 0 Å². The summed E-state index contributed by atoms with van der Waals surface area (Å²) < 4.78 is 5.20. The zero-order valence-electron chi connectivity index (χ0n) is 15.4. The van der Waals surface area contributed by atoms with Crippen LogP contribution < -0.4 is 10.1 Å².